The lowest BCUT2D eigenvalue weighted by Gasteiger charge is -2.39. The summed E-state index contributed by atoms with van der Waals surface area (Å²) in [7, 11) is 0. The summed E-state index contributed by atoms with van der Waals surface area (Å²) < 4.78 is 5.29. The fourth-order valence-corrected chi connectivity index (χ4v) is 4.25. The maximum atomic E-state index is 13.1. The van der Waals surface area contributed by atoms with Gasteiger partial charge in [-0.1, -0.05) is 19.0 Å². The Morgan fingerprint density at radius 2 is 2.03 bits per heavy atom. The molecule has 156 valence electrons. The van der Waals surface area contributed by atoms with Crippen LogP contribution in [0.1, 0.15) is 32.6 Å². The van der Waals surface area contributed by atoms with Gasteiger partial charge in [0.05, 0.1) is 11.5 Å². The van der Waals surface area contributed by atoms with Gasteiger partial charge in [-0.05, 0) is 31.5 Å². The number of anilines is 1. The predicted octanol–water partition coefficient (Wildman–Crippen LogP) is 2.07. The summed E-state index contributed by atoms with van der Waals surface area (Å²) in [5.74, 6) is 2.32. The largest absolute Gasteiger partial charge is 0.355 e. The van der Waals surface area contributed by atoms with Gasteiger partial charge in [-0.2, -0.15) is 4.98 Å². The SMILES string of the molecule is CCc1nc(-c2cccnc2N2CCCC(C(=O)N3CCN(CC)CC3)C2)no1. The van der Waals surface area contributed by atoms with E-state index in [1.807, 2.05) is 24.0 Å². The van der Waals surface area contributed by atoms with Gasteiger partial charge in [-0.3, -0.25) is 4.79 Å². The molecule has 2 aliphatic rings. The first-order valence-corrected chi connectivity index (χ1v) is 10.7. The molecule has 2 fully saturated rings. The molecule has 1 unspecified atom stereocenters. The molecule has 2 aromatic rings. The molecule has 8 heteroatoms. The molecule has 0 N–H and O–H groups in total. The van der Waals surface area contributed by atoms with E-state index in [1.54, 1.807) is 6.20 Å². The Kier molecular flexibility index (Phi) is 6.08. The summed E-state index contributed by atoms with van der Waals surface area (Å²) >= 11 is 0. The molecular formula is C21H30N6O2. The summed E-state index contributed by atoms with van der Waals surface area (Å²) in [4.78, 5) is 28.9. The fraction of sp³-hybridized carbons (Fsp3) is 0.619. The molecule has 4 rings (SSSR count). The van der Waals surface area contributed by atoms with Crippen molar-refractivity contribution in [2.75, 3.05) is 50.7 Å². The summed E-state index contributed by atoms with van der Waals surface area (Å²) in [6, 6.07) is 3.86. The molecule has 2 aliphatic heterocycles. The second kappa shape index (κ2) is 8.90. The predicted molar refractivity (Wildman–Crippen MR) is 111 cm³/mol. The maximum Gasteiger partial charge on any atom is 0.227 e. The summed E-state index contributed by atoms with van der Waals surface area (Å²) in [5, 5.41) is 4.12. The summed E-state index contributed by atoms with van der Waals surface area (Å²) in [6.45, 7) is 10.4. The molecule has 0 aliphatic carbocycles. The smallest absolute Gasteiger partial charge is 0.227 e. The molecule has 0 saturated carbocycles. The standard InChI is InChI=1S/C21H30N6O2/c1-3-18-23-19(24-29-18)17-8-5-9-22-20(17)27-10-6-7-16(15-27)21(28)26-13-11-25(4-2)12-14-26/h5,8-9,16H,3-4,6-7,10-15H2,1-2H3. The number of aromatic nitrogens is 3. The van der Waals surface area contributed by atoms with Gasteiger partial charge in [0, 0.05) is 51.9 Å². The second-order valence-corrected chi connectivity index (χ2v) is 7.78. The van der Waals surface area contributed by atoms with E-state index < -0.39 is 0 Å². The van der Waals surface area contributed by atoms with Gasteiger partial charge >= 0.3 is 0 Å². The van der Waals surface area contributed by atoms with Crippen molar-refractivity contribution < 1.29 is 9.32 Å². The number of nitrogens with zero attached hydrogens (tertiary/aromatic N) is 6. The van der Waals surface area contributed by atoms with E-state index in [0.717, 1.165) is 63.5 Å². The molecule has 1 atom stereocenters. The lowest BCUT2D eigenvalue weighted by Crippen LogP contribution is -2.52. The van der Waals surface area contributed by atoms with Crippen LogP contribution in [0.25, 0.3) is 11.4 Å². The number of hydrogen-bond acceptors (Lipinski definition) is 7. The minimum Gasteiger partial charge on any atom is -0.355 e. The van der Waals surface area contributed by atoms with E-state index in [0.29, 0.717) is 24.7 Å². The lowest BCUT2D eigenvalue weighted by molar-refractivity contribution is -0.137. The highest BCUT2D eigenvalue weighted by Crippen LogP contribution is 2.30. The minimum absolute atomic E-state index is 0.0169. The highest BCUT2D eigenvalue weighted by atomic mass is 16.5. The number of hydrogen-bond donors (Lipinski definition) is 0. The first-order valence-electron chi connectivity index (χ1n) is 10.7. The number of rotatable bonds is 5. The van der Waals surface area contributed by atoms with E-state index in [-0.39, 0.29) is 11.8 Å². The van der Waals surface area contributed by atoms with Crippen LogP contribution in [-0.4, -0.2) is 76.6 Å². The molecule has 2 aromatic heterocycles. The van der Waals surface area contributed by atoms with Crippen LogP contribution in [0.15, 0.2) is 22.9 Å². The first kappa shape index (κ1) is 19.8. The molecule has 4 heterocycles. The number of pyridine rings is 1. The van der Waals surface area contributed by atoms with Gasteiger partial charge in [0.1, 0.15) is 5.82 Å². The molecule has 0 spiro atoms. The molecule has 8 nitrogen and oxygen atoms in total. The van der Waals surface area contributed by atoms with Crippen LogP contribution < -0.4 is 4.90 Å². The normalized spacial score (nSPS) is 20.8. The van der Waals surface area contributed by atoms with Crippen molar-refractivity contribution in [3.63, 3.8) is 0 Å². The fourth-order valence-electron chi connectivity index (χ4n) is 4.25. The zero-order chi connectivity index (χ0) is 20.2. The zero-order valence-corrected chi connectivity index (χ0v) is 17.4. The Morgan fingerprint density at radius 3 is 2.76 bits per heavy atom. The van der Waals surface area contributed by atoms with Crippen molar-refractivity contribution in [3.8, 4) is 11.4 Å². The second-order valence-electron chi connectivity index (χ2n) is 7.78. The number of likely N-dealkylation sites (N-methyl/N-ethyl adjacent to an activating group) is 1. The topological polar surface area (TPSA) is 78.6 Å². The van der Waals surface area contributed by atoms with Gasteiger partial charge in [-0.25, -0.2) is 4.98 Å². The quantitative estimate of drug-likeness (QED) is 0.763. The highest BCUT2D eigenvalue weighted by molar-refractivity contribution is 5.80. The average molecular weight is 399 g/mol. The van der Waals surface area contributed by atoms with Crippen LogP contribution in [-0.2, 0) is 11.2 Å². The number of carbonyl (C=O) groups excluding carboxylic acids is 1. The van der Waals surface area contributed by atoms with Crippen molar-refractivity contribution in [1.29, 1.82) is 0 Å². The van der Waals surface area contributed by atoms with Gasteiger partial charge in [-0.15, -0.1) is 0 Å². The number of piperidine rings is 1. The summed E-state index contributed by atoms with van der Waals surface area (Å²) in [6.07, 6.45) is 4.41. The zero-order valence-electron chi connectivity index (χ0n) is 17.4. The number of aryl methyl sites for hydroxylation is 1. The van der Waals surface area contributed by atoms with Crippen molar-refractivity contribution in [2.24, 2.45) is 5.92 Å². The number of piperazine rings is 1. The van der Waals surface area contributed by atoms with E-state index in [4.69, 9.17) is 4.52 Å². The Balaban J connectivity index is 1.48. The monoisotopic (exact) mass is 398 g/mol. The van der Waals surface area contributed by atoms with Crippen LogP contribution in [0.4, 0.5) is 5.82 Å². The van der Waals surface area contributed by atoms with Crippen LogP contribution in [0.2, 0.25) is 0 Å². The Bertz CT molecular complexity index is 830. The van der Waals surface area contributed by atoms with E-state index in [9.17, 15) is 4.79 Å². The average Bonchev–Trinajstić information content (AvgIpc) is 3.28. The van der Waals surface area contributed by atoms with Crippen LogP contribution in [0.5, 0.6) is 0 Å². The lowest BCUT2D eigenvalue weighted by atomic mass is 9.95. The van der Waals surface area contributed by atoms with Crippen LogP contribution in [0, 0.1) is 5.92 Å². The summed E-state index contributed by atoms with van der Waals surface area (Å²) in [5.41, 5.74) is 0.862. The van der Waals surface area contributed by atoms with Gasteiger partial charge in [0.15, 0.2) is 0 Å². The van der Waals surface area contributed by atoms with Gasteiger partial charge < -0.3 is 19.2 Å². The molecule has 29 heavy (non-hydrogen) atoms. The van der Waals surface area contributed by atoms with E-state index in [1.165, 1.54) is 0 Å². The molecule has 0 aromatic carbocycles. The van der Waals surface area contributed by atoms with Gasteiger partial charge in [0.25, 0.3) is 0 Å². The van der Waals surface area contributed by atoms with Crippen LogP contribution in [0.3, 0.4) is 0 Å². The molecule has 0 bridgehead atoms. The Labute approximate surface area is 171 Å². The molecule has 0 radical (unpaired) electrons. The first-order chi connectivity index (χ1) is 14.2. The van der Waals surface area contributed by atoms with Crippen molar-refractivity contribution in [3.05, 3.63) is 24.2 Å². The number of carbonyl (C=O) groups is 1. The van der Waals surface area contributed by atoms with Crippen molar-refractivity contribution >= 4 is 11.7 Å². The van der Waals surface area contributed by atoms with Crippen LogP contribution >= 0.6 is 0 Å². The third-order valence-corrected chi connectivity index (χ3v) is 6.00. The van der Waals surface area contributed by atoms with Crippen molar-refractivity contribution in [1.82, 2.24) is 24.9 Å². The Hall–Kier alpha value is -2.48. The number of amides is 1. The van der Waals surface area contributed by atoms with E-state index >= 15 is 0 Å². The third kappa shape index (κ3) is 4.27. The molecule has 1 amide bonds. The molecule has 2 saturated heterocycles. The minimum atomic E-state index is 0.0169. The highest BCUT2D eigenvalue weighted by Gasteiger charge is 2.32. The maximum absolute atomic E-state index is 13.1. The van der Waals surface area contributed by atoms with Gasteiger partial charge in [0.2, 0.25) is 17.6 Å². The van der Waals surface area contributed by atoms with E-state index in [2.05, 4.69) is 31.8 Å². The van der Waals surface area contributed by atoms with Crippen molar-refractivity contribution in [2.45, 2.75) is 33.1 Å². The Morgan fingerprint density at radius 1 is 1.21 bits per heavy atom. The molecular weight excluding hydrogens is 368 g/mol. The third-order valence-electron chi connectivity index (χ3n) is 6.00.